The van der Waals surface area contributed by atoms with Crippen LogP contribution >= 0.6 is 0 Å². The van der Waals surface area contributed by atoms with E-state index in [1.807, 2.05) is 12.1 Å². The first kappa shape index (κ1) is 13.4. The number of benzene rings is 1. The molecule has 1 saturated carbocycles. The van der Waals surface area contributed by atoms with Gasteiger partial charge in [0.15, 0.2) is 0 Å². The summed E-state index contributed by atoms with van der Waals surface area (Å²) in [6, 6.07) is 8.23. The standard InChI is InChI=1S/C15H23NO2/c1-2-16-11-14-4-3-5-15(10-14)18-9-8-17-12-13-6-7-13/h3-5,10,13,16H,2,6-9,11-12H2,1H3. The topological polar surface area (TPSA) is 30.5 Å². The summed E-state index contributed by atoms with van der Waals surface area (Å²) in [5.41, 5.74) is 1.26. The van der Waals surface area contributed by atoms with Gasteiger partial charge in [0.2, 0.25) is 0 Å². The monoisotopic (exact) mass is 249 g/mol. The van der Waals surface area contributed by atoms with E-state index in [0.29, 0.717) is 13.2 Å². The minimum Gasteiger partial charge on any atom is -0.491 e. The van der Waals surface area contributed by atoms with Gasteiger partial charge in [-0.2, -0.15) is 0 Å². The van der Waals surface area contributed by atoms with Gasteiger partial charge in [0.1, 0.15) is 12.4 Å². The number of hydrogen-bond acceptors (Lipinski definition) is 3. The maximum Gasteiger partial charge on any atom is 0.119 e. The van der Waals surface area contributed by atoms with E-state index in [1.165, 1.54) is 18.4 Å². The molecule has 1 fully saturated rings. The van der Waals surface area contributed by atoms with Gasteiger partial charge in [-0.3, -0.25) is 0 Å². The molecule has 0 amide bonds. The molecule has 3 nitrogen and oxygen atoms in total. The molecule has 100 valence electrons. The van der Waals surface area contributed by atoms with Crippen LogP contribution in [0.4, 0.5) is 0 Å². The van der Waals surface area contributed by atoms with Crippen molar-refractivity contribution in [1.29, 1.82) is 0 Å². The normalized spacial score (nSPS) is 14.7. The first-order chi connectivity index (χ1) is 8.88. The van der Waals surface area contributed by atoms with Crippen LogP contribution in [0.15, 0.2) is 24.3 Å². The molecular weight excluding hydrogens is 226 g/mol. The minimum absolute atomic E-state index is 0.636. The summed E-state index contributed by atoms with van der Waals surface area (Å²) < 4.78 is 11.2. The zero-order valence-electron chi connectivity index (χ0n) is 11.2. The lowest BCUT2D eigenvalue weighted by molar-refractivity contribution is 0.0927. The van der Waals surface area contributed by atoms with E-state index in [9.17, 15) is 0 Å². The van der Waals surface area contributed by atoms with Crippen molar-refractivity contribution in [2.45, 2.75) is 26.3 Å². The van der Waals surface area contributed by atoms with Crippen molar-refractivity contribution in [3.63, 3.8) is 0 Å². The van der Waals surface area contributed by atoms with Crippen LogP contribution in [0.2, 0.25) is 0 Å². The lowest BCUT2D eigenvalue weighted by atomic mass is 10.2. The summed E-state index contributed by atoms with van der Waals surface area (Å²) in [7, 11) is 0. The van der Waals surface area contributed by atoms with Crippen molar-refractivity contribution in [1.82, 2.24) is 5.32 Å². The zero-order chi connectivity index (χ0) is 12.6. The summed E-state index contributed by atoms with van der Waals surface area (Å²) in [5.74, 6) is 1.76. The highest BCUT2D eigenvalue weighted by atomic mass is 16.5. The Morgan fingerprint density at radius 3 is 2.94 bits per heavy atom. The molecule has 1 aliphatic rings. The number of nitrogens with one attached hydrogen (secondary N) is 1. The number of rotatable bonds is 9. The lowest BCUT2D eigenvalue weighted by Crippen LogP contribution is -2.12. The highest BCUT2D eigenvalue weighted by molar-refractivity contribution is 5.28. The third-order valence-electron chi connectivity index (χ3n) is 3.02. The molecule has 1 aromatic rings. The maximum absolute atomic E-state index is 5.68. The van der Waals surface area contributed by atoms with Crippen LogP contribution in [0, 0.1) is 5.92 Å². The Hall–Kier alpha value is -1.06. The third-order valence-corrected chi connectivity index (χ3v) is 3.02. The van der Waals surface area contributed by atoms with Gasteiger partial charge in [-0.15, -0.1) is 0 Å². The molecule has 0 heterocycles. The van der Waals surface area contributed by atoms with Gasteiger partial charge in [-0.05, 0) is 43.0 Å². The van der Waals surface area contributed by atoms with Crippen molar-refractivity contribution in [3.8, 4) is 5.75 Å². The Morgan fingerprint density at radius 2 is 2.17 bits per heavy atom. The molecule has 18 heavy (non-hydrogen) atoms. The van der Waals surface area contributed by atoms with Crippen LogP contribution in [0.5, 0.6) is 5.75 Å². The molecule has 1 aromatic carbocycles. The maximum atomic E-state index is 5.68. The van der Waals surface area contributed by atoms with E-state index in [-0.39, 0.29) is 0 Å². The van der Waals surface area contributed by atoms with Gasteiger partial charge in [0.25, 0.3) is 0 Å². The van der Waals surface area contributed by atoms with Crippen molar-refractivity contribution in [3.05, 3.63) is 29.8 Å². The van der Waals surface area contributed by atoms with E-state index in [0.717, 1.165) is 31.4 Å². The summed E-state index contributed by atoms with van der Waals surface area (Å²) in [6.45, 7) is 6.22. The van der Waals surface area contributed by atoms with E-state index in [1.54, 1.807) is 0 Å². The van der Waals surface area contributed by atoms with Crippen LogP contribution in [0.1, 0.15) is 25.3 Å². The van der Waals surface area contributed by atoms with E-state index >= 15 is 0 Å². The first-order valence-electron chi connectivity index (χ1n) is 6.88. The Bertz CT molecular complexity index is 350. The molecule has 1 aliphatic carbocycles. The fourth-order valence-corrected chi connectivity index (χ4v) is 1.77. The SMILES string of the molecule is CCNCc1cccc(OCCOCC2CC2)c1. The second kappa shape index (κ2) is 7.39. The summed E-state index contributed by atoms with van der Waals surface area (Å²) in [6.07, 6.45) is 2.68. The number of hydrogen-bond donors (Lipinski definition) is 1. The molecule has 0 atom stereocenters. The van der Waals surface area contributed by atoms with Gasteiger partial charge in [0, 0.05) is 13.2 Å². The van der Waals surface area contributed by atoms with Crippen molar-refractivity contribution in [2.75, 3.05) is 26.4 Å². The quantitative estimate of drug-likeness (QED) is 0.682. The first-order valence-corrected chi connectivity index (χ1v) is 6.88. The van der Waals surface area contributed by atoms with Crippen LogP contribution in [-0.4, -0.2) is 26.4 Å². The fraction of sp³-hybridized carbons (Fsp3) is 0.600. The molecule has 3 heteroatoms. The highest BCUT2D eigenvalue weighted by Gasteiger charge is 2.20. The summed E-state index contributed by atoms with van der Waals surface area (Å²) in [5, 5.41) is 3.31. The van der Waals surface area contributed by atoms with E-state index < -0.39 is 0 Å². The van der Waals surface area contributed by atoms with Crippen molar-refractivity contribution in [2.24, 2.45) is 5.92 Å². The third kappa shape index (κ3) is 5.07. The molecule has 0 radical (unpaired) electrons. The average Bonchev–Trinajstić information content (AvgIpc) is 3.20. The zero-order valence-corrected chi connectivity index (χ0v) is 11.2. The second-order valence-electron chi connectivity index (χ2n) is 4.79. The Kier molecular flexibility index (Phi) is 5.49. The Labute approximate surface area is 109 Å². The van der Waals surface area contributed by atoms with Gasteiger partial charge < -0.3 is 14.8 Å². The smallest absolute Gasteiger partial charge is 0.119 e. The number of ether oxygens (including phenoxy) is 2. The summed E-state index contributed by atoms with van der Waals surface area (Å²) in [4.78, 5) is 0. The predicted molar refractivity (Wildman–Crippen MR) is 72.9 cm³/mol. The van der Waals surface area contributed by atoms with Crippen LogP contribution in [-0.2, 0) is 11.3 Å². The van der Waals surface area contributed by atoms with Crippen molar-refractivity contribution >= 4 is 0 Å². The van der Waals surface area contributed by atoms with E-state index in [2.05, 4.69) is 24.4 Å². The lowest BCUT2D eigenvalue weighted by Gasteiger charge is -2.08. The summed E-state index contributed by atoms with van der Waals surface area (Å²) >= 11 is 0. The Balaban J connectivity index is 1.64. The van der Waals surface area contributed by atoms with Gasteiger partial charge in [-0.25, -0.2) is 0 Å². The largest absolute Gasteiger partial charge is 0.491 e. The fourth-order valence-electron chi connectivity index (χ4n) is 1.77. The molecule has 0 bridgehead atoms. The second-order valence-corrected chi connectivity index (χ2v) is 4.79. The molecule has 0 aromatic heterocycles. The van der Waals surface area contributed by atoms with Gasteiger partial charge >= 0.3 is 0 Å². The minimum atomic E-state index is 0.636. The van der Waals surface area contributed by atoms with Gasteiger partial charge in [-0.1, -0.05) is 19.1 Å². The average molecular weight is 249 g/mol. The van der Waals surface area contributed by atoms with Gasteiger partial charge in [0.05, 0.1) is 6.61 Å². The molecule has 0 saturated heterocycles. The van der Waals surface area contributed by atoms with Crippen molar-refractivity contribution < 1.29 is 9.47 Å². The predicted octanol–water partition coefficient (Wildman–Crippen LogP) is 2.60. The van der Waals surface area contributed by atoms with Crippen LogP contribution in [0.25, 0.3) is 0 Å². The molecule has 0 unspecified atom stereocenters. The van der Waals surface area contributed by atoms with E-state index in [4.69, 9.17) is 9.47 Å². The van der Waals surface area contributed by atoms with Crippen LogP contribution < -0.4 is 10.1 Å². The molecule has 0 spiro atoms. The molecular formula is C15H23NO2. The molecule has 1 N–H and O–H groups in total. The Morgan fingerprint density at radius 1 is 1.28 bits per heavy atom. The highest BCUT2D eigenvalue weighted by Crippen LogP contribution is 2.28. The molecule has 0 aliphatic heterocycles. The molecule has 2 rings (SSSR count). The van der Waals surface area contributed by atoms with Crippen LogP contribution in [0.3, 0.4) is 0 Å².